The maximum absolute atomic E-state index is 11.9. The van der Waals surface area contributed by atoms with E-state index in [1.807, 2.05) is 34.2 Å². The molecule has 4 nitrogen and oxygen atoms in total. The number of hydrogen-bond acceptors (Lipinski definition) is 4. The molecule has 0 saturated carbocycles. The molecule has 0 bridgehead atoms. The third-order valence-corrected chi connectivity index (χ3v) is 4.00. The van der Waals surface area contributed by atoms with Gasteiger partial charge in [-0.2, -0.15) is 0 Å². The lowest BCUT2D eigenvalue weighted by atomic mass is 10.1. The van der Waals surface area contributed by atoms with Crippen LogP contribution in [0.15, 0.2) is 34.4 Å². The number of unbranched alkanes of at least 4 members (excludes halogenated alkanes) is 1. The van der Waals surface area contributed by atoms with Crippen LogP contribution in [0, 0.1) is 0 Å². The van der Waals surface area contributed by atoms with Gasteiger partial charge in [0.15, 0.2) is 0 Å². The van der Waals surface area contributed by atoms with E-state index in [1.54, 1.807) is 0 Å². The lowest BCUT2D eigenvalue weighted by Gasteiger charge is -2.09. The summed E-state index contributed by atoms with van der Waals surface area (Å²) in [5, 5.41) is 1.92. The molecule has 0 atom stereocenters. The maximum atomic E-state index is 11.9. The average molecular weight is 306 g/mol. The minimum absolute atomic E-state index is 0.0910. The third kappa shape index (κ3) is 4.19. The Bertz CT molecular complexity index is 601. The first-order valence-electron chi connectivity index (χ1n) is 7.38. The molecule has 0 fully saturated rings. The van der Waals surface area contributed by atoms with E-state index < -0.39 is 0 Å². The van der Waals surface area contributed by atoms with E-state index in [2.05, 4.69) is 6.92 Å². The van der Waals surface area contributed by atoms with Crippen molar-refractivity contribution in [1.29, 1.82) is 0 Å². The van der Waals surface area contributed by atoms with Crippen molar-refractivity contribution in [3.63, 3.8) is 0 Å². The minimum atomic E-state index is 0.0910. The second-order valence-corrected chi connectivity index (χ2v) is 5.73. The van der Waals surface area contributed by atoms with E-state index in [1.165, 1.54) is 11.3 Å². The van der Waals surface area contributed by atoms with Crippen molar-refractivity contribution in [2.24, 2.45) is 5.73 Å². The Morgan fingerprint density at radius 2 is 2.00 bits per heavy atom. The summed E-state index contributed by atoms with van der Waals surface area (Å²) in [6.07, 6.45) is 2.86. The smallest absolute Gasteiger partial charge is 0.307 e. The van der Waals surface area contributed by atoms with Crippen LogP contribution < -0.4 is 15.3 Å². The topological polar surface area (TPSA) is 57.2 Å². The van der Waals surface area contributed by atoms with Gasteiger partial charge in [-0.25, -0.2) is 0 Å². The molecule has 0 aliphatic heterocycles. The first-order valence-corrected chi connectivity index (χ1v) is 8.26. The van der Waals surface area contributed by atoms with Gasteiger partial charge in [0, 0.05) is 11.9 Å². The predicted molar refractivity (Wildman–Crippen MR) is 88.1 cm³/mol. The molecule has 1 aromatic carbocycles. The molecule has 2 rings (SSSR count). The van der Waals surface area contributed by atoms with Crippen molar-refractivity contribution < 1.29 is 4.74 Å². The maximum Gasteiger partial charge on any atom is 0.307 e. The average Bonchev–Trinajstić information content (AvgIpc) is 2.87. The predicted octanol–water partition coefficient (Wildman–Crippen LogP) is 3.10. The van der Waals surface area contributed by atoms with Crippen molar-refractivity contribution in [3.8, 4) is 17.0 Å². The van der Waals surface area contributed by atoms with Crippen LogP contribution in [0.5, 0.6) is 5.75 Å². The van der Waals surface area contributed by atoms with Crippen LogP contribution in [-0.2, 0) is 6.54 Å². The molecule has 1 heterocycles. The lowest BCUT2D eigenvalue weighted by Crippen LogP contribution is -2.15. The van der Waals surface area contributed by atoms with Gasteiger partial charge in [-0.15, -0.1) is 0 Å². The second kappa shape index (κ2) is 8.00. The Balaban J connectivity index is 2.15. The molecule has 0 amide bonds. The molecule has 5 heteroatoms. The van der Waals surface area contributed by atoms with Gasteiger partial charge in [0.25, 0.3) is 0 Å². The SMILES string of the molecule is CCCOc1ccc(-c2csc(=O)n2CCCCN)cc1. The fraction of sp³-hybridized carbons (Fsp3) is 0.438. The van der Waals surface area contributed by atoms with Crippen molar-refractivity contribution in [3.05, 3.63) is 39.3 Å². The van der Waals surface area contributed by atoms with Gasteiger partial charge in [0.2, 0.25) is 0 Å². The van der Waals surface area contributed by atoms with Crippen LogP contribution in [-0.4, -0.2) is 17.7 Å². The van der Waals surface area contributed by atoms with Crippen LogP contribution in [0.25, 0.3) is 11.3 Å². The summed E-state index contributed by atoms with van der Waals surface area (Å²) in [6, 6.07) is 7.92. The summed E-state index contributed by atoms with van der Waals surface area (Å²) >= 11 is 1.25. The van der Waals surface area contributed by atoms with Crippen LogP contribution >= 0.6 is 11.3 Å². The Labute approximate surface area is 129 Å². The molecule has 2 N–H and O–H groups in total. The highest BCUT2D eigenvalue weighted by Gasteiger charge is 2.08. The van der Waals surface area contributed by atoms with Crippen LogP contribution in [0.2, 0.25) is 0 Å². The summed E-state index contributed by atoms with van der Waals surface area (Å²) in [6.45, 7) is 4.20. The molecule has 1 aromatic heterocycles. The van der Waals surface area contributed by atoms with Crippen LogP contribution in [0.4, 0.5) is 0 Å². The van der Waals surface area contributed by atoms with Crippen molar-refractivity contribution in [2.75, 3.05) is 13.2 Å². The van der Waals surface area contributed by atoms with Crippen molar-refractivity contribution in [1.82, 2.24) is 4.57 Å². The van der Waals surface area contributed by atoms with E-state index in [4.69, 9.17) is 10.5 Å². The highest BCUT2D eigenvalue weighted by molar-refractivity contribution is 7.07. The summed E-state index contributed by atoms with van der Waals surface area (Å²) in [5.41, 5.74) is 7.54. The first kappa shape index (κ1) is 15.8. The van der Waals surface area contributed by atoms with Gasteiger partial charge < -0.3 is 10.5 Å². The van der Waals surface area contributed by atoms with Crippen LogP contribution in [0.3, 0.4) is 0 Å². The molecular formula is C16H22N2O2S. The number of ether oxygens (including phenoxy) is 1. The number of rotatable bonds is 8. The van der Waals surface area contributed by atoms with Gasteiger partial charge in [0.05, 0.1) is 12.3 Å². The molecule has 114 valence electrons. The highest BCUT2D eigenvalue weighted by atomic mass is 32.1. The molecule has 0 spiro atoms. The lowest BCUT2D eigenvalue weighted by molar-refractivity contribution is 0.317. The van der Waals surface area contributed by atoms with Gasteiger partial charge in [-0.1, -0.05) is 18.3 Å². The van der Waals surface area contributed by atoms with E-state index >= 15 is 0 Å². The fourth-order valence-electron chi connectivity index (χ4n) is 2.12. The summed E-state index contributed by atoms with van der Waals surface area (Å²) < 4.78 is 7.42. The van der Waals surface area contributed by atoms with Gasteiger partial charge >= 0.3 is 4.87 Å². The summed E-state index contributed by atoms with van der Waals surface area (Å²) in [7, 11) is 0. The molecule has 0 aliphatic carbocycles. The number of hydrogen-bond donors (Lipinski definition) is 1. The Kier molecular flexibility index (Phi) is 6.02. The van der Waals surface area contributed by atoms with Crippen molar-refractivity contribution in [2.45, 2.75) is 32.7 Å². The number of nitrogens with two attached hydrogens (primary N) is 1. The Morgan fingerprint density at radius 1 is 1.24 bits per heavy atom. The van der Waals surface area contributed by atoms with Gasteiger partial charge in [0.1, 0.15) is 5.75 Å². The molecular weight excluding hydrogens is 284 g/mol. The van der Waals surface area contributed by atoms with E-state index in [0.29, 0.717) is 6.54 Å². The van der Waals surface area contributed by atoms with E-state index in [-0.39, 0.29) is 4.87 Å². The summed E-state index contributed by atoms with van der Waals surface area (Å²) in [5.74, 6) is 0.868. The quantitative estimate of drug-likeness (QED) is 0.762. The molecule has 0 aliphatic rings. The number of thiazole rings is 1. The number of benzene rings is 1. The zero-order valence-electron chi connectivity index (χ0n) is 12.4. The minimum Gasteiger partial charge on any atom is -0.494 e. The van der Waals surface area contributed by atoms with E-state index in [0.717, 1.165) is 49.4 Å². The highest BCUT2D eigenvalue weighted by Crippen LogP contribution is 2.23. The molecule has 0 unspecified atom stereocenters. The van der Waals surface area contributed by atoms with Crippen LogP contribution in [0.1, 0.15) is 26.2 Å². The number of aromatic nitrogens is 1. The third-order valence-electron chi connectivity index (χ3n) is 3.24. The second-order valence-electron chi connectivity index (χ2n) is 4.91. The normalized spacial score (nSPS) is 10.8. The zero-order valence-corrected chi connectivity index (χ0v) is 13.2. The van der Waals surface area contributed by atoms with Gasteiger partial charge in [-0.3, -0.25) is 9.36 Å². The first-order chi connectivity index (χ1) is 10.3. The summed E-state index contributed by atoms with van der Waals surface area (Å²) in [4.78, 5) is 12.0. The fourth-order valence-corrected chi connectivity index (χ4v) is 2.92. The largest absolute Gasteiger partial charge is 0.494 e. The molecule has 0 radical (unpaired) electrons. The monoisotopic (exact) mass is 306 g/mol. The van der Waals surface area contributed by atoms with Gasteiger partial charge in [-0.05, 0) is 55.6 Å². The van der Waals surface area contributed by atoms with Crippen molar-refractivity contribution >= 4 is 11.3 Å². The molecule has 21 heavy (non-hydrogen) atoms. The number of nitrogens with zero attached hydrogens (tertiary/aromatic N) is 1. The molecule has 0 saturated heterocycles. The molecule has 2 aromatic rings. The Hall–Kier alpha value is -1.59. The standard InChI is InChI=1S/C16H22N2O2S/c1-2-11-20-14-7-5-13(6-8-14)15-12-21-16(19)18(15)10-4-3-9-17/h5-8,12H,2-4,9-11,17H2,1H3. The Morgan fingerprint density at radius 3 is 2.67 bits per heavy atom. The van der Waals surface area contributed by atoms with E-state index in [9.17, 15) is 4.79 Å². The zero-order chi connectivity index (χ0) is 15.1.